The Labute approximate surface area is 153 Å². The number of fused-ring (bicyclic) bond motifs is 2. The maximum Gasteiger partial charge on any atom is 0.229 e. The number of likely N-dealkylation sites (N-methyl/N-ethyl adjacent to an activating group) is 1. The topological polar surface area (TPSA) is 68.1 Å². The number of nitrogens with zero attached hydrogens (tertiary/aromatic N) is 5. The summed E-state index contributed by atoms with van der Waals surface area (Å²) in [5.41, 5.74) is 4.26. The molecule has 3 aromatic rings. The van der Waals surface area contributed by atoms with Crippen LogP contribution in [0, 0.1) is 0 Å². The first-order valence-electron chi connectivity index (χ1n) is 8.74. The van der Waals surface area contributed by atoms with E-state index >= 15 is 0 Å². The highest BCUT2D eigenvalue weighted by molar-refractivity contribution is 5.75. The molecule has 0 aliphatic carbocycles. The Morgan fingerprint density at radius 2 is 2.00 bits per heavy atom. The van der Waals surface area contributed by atoms with Crippen molar-refractivity contribution in [2.75, 3.05) is 26.0 Å². The minimum absolute atomic E-state index is 0.0386. The average molecular weight is 352 g/mol. The largest absolute Gasteiger partial charge is 0.495 e. The lowest BCUT2D eigenvalue weighted by molar-refractivity contribution is 0.143. The molecule has 136 valence electrons. The second-order valence-electron chi connectivity index (χ2n) is 7.31. The standard InChI is InChI=1S/C19H24N6O/c1-19(2)14-9-15(16(26-5)8-12(14)6-7-24(19)3)22-18-20-10-13-11-21-25(4)17(13)23-18/h8-11H,6-7H2,1-5H3,(H,20,22,23). The molecular weight excluding hydrogens is 328 g/mol. The summed E-state index contributed by atoms with van der Waals surface area (Å²) in [6.07, 6.45) is 4.56. The normalized spacial score (nSPS) is 16.5. The Balaban J connectivity index is 1.77. The molecule has 0 saturated heterocycles. The fraction of sp³-hybridized carbons (Fsp3) is 0.421. The molecule has 2 aromatic heterocycles. The van der Waals surface area contributed by atoms with Gasteiger partial charge in [-0.25, -0.2) is 4.98 Å². The Morgan fingerprint density at radius 3 is 2.77 bits per heavy atom. The van der Waals surface area contributed by atoms with Crippen molar-refractivity contribution >= 4 is 22.7 Å². The molecule has 0 unspecified atom stereocenters. The Morgan fingerprint density at radius 1 is 1.19 bits per heavy atom. The summed E-state index contributed by atoms with van der Waals surface area (Å²) in [5.74, 6) is 1.33. The summed E-state index contributed by atoms with van der Waals surface area (Å²) in [6.45, 7) is 5.54. The summed E-state index contributed by atoms with van der Waals surface area (Å²) >= 11 is 0. The van der Waals surface area contributed by atoms with E-state index in [4.69, 9.17) is 4.74 Å². The number of aryl methyl sites for hydroxylation is 1. The number of ether oxygens (including phenoxy) is 1. The van der Waals surface area contributed by atoms with Crippen LogP contribution in [0.2, 0.25) is 0 Å². The molecular formula is C19H24N6O. The van der Waals surface area contributed by atoms with Crippen molar-refractivity contribution in [1.82, 2.24) is 24.6 Å². The van der Waals surface area contributed by atoms with Gasteiger partial charge in [0.2, 0.25) is 5.95 Å². The van der Waals surface area contributed by atoms with Gasteiger partial charge in [-0.1, -0.05) is 0 Å². The zero-order valence-corrected chi connectivity index (χ0v) is 15.9. The van der Waals surface area contributed by atoms with Gasteiger partial charge in [-0.3, -0.25) is 9.58 Å². The number of methoxy groups -OCH3 is 1. The molecule has 4 rings (SSSR count). The quantitative estimate of drug-likeness (QED) is 0.782. The van der Waals surface area contributed by atoms with E-state index < -0.39 is 0 Å². The number of nitrogens with one attached hydrogen (secondary N) is 1. The van der Waals surface area contributed by atoms with E-state index in [1.807, 2.05) is 7.05 Å². The lowest BCUT2D eigenvalue weighted by Gasteiger charge is -2.42. The Hall–Kier alpha value is -2.67. The predicted octanol–water partition coefficient (Wildman–Crippen LogP) is 2.84. The molecule has 26 heavy (non-hydrogen) atoms. The number of aromatic nitrogens is 4. The maximum absolute atomic E-state index is 5.63. The molecule has 3 heterocycles. The van der Waals surface area contributed by atoms with Gasteiger partial charge in [0.15, 0.2) is 5.65 Å². The summed E-state index contributed by atoms with van der Waals surface area (Å²) in [6, 6.07) is 4.30. The van der Waals surface area contributed by atoms with Crippen molar-refractivity contribution in [2.24, 2.45) is 7.05 Å². The van der Waals surface area contributed by atoms with Crippen LogP contribution < -0.4 is 10.1 Å². The highest BCUT2D eigenvalue weighted by atomic mass is 16.5. The third kappa shape index (κ3) is 2.59. The fourth-order valence-electron chi connectivity index (χ4n) is 3.55. The maximum atomic E-state index is 5.63. The third-order valence-electron chi connectivity index (χ3n) is 5.47. The minimum atomic E-state index is -0.0386. The van der Waals surface area contributed by atoms with Crippen LogP contribution in [0.4, 0.5) is 11.6 Å². The first-order valence-corrected chi connectivity index (χ1v) is 8.74. The lowest BCUT2D eigenvalue weighted by atomic mass is 9.83. The number of anilines is 2. The second kappa shape index (κ2) is 5.95. The second-order valence-corrected chi connectivity index (χ2v) is 7.31. The summed E-state index contributed by atoms with van der Waals surface area (Å²) in [5, 5.41) is 8.46. The van der Waals surface area contributed by atoms with E-state index in [1.54, 1.807) is 24.2 Å². The fourth-order valence-corrected chi connectivity index (χ4v) is 3.55. The smallest absolute Gasteiger partial charge is 0.229 e. The molecule has 0 radical (unpaired) electrons. The monoisotopic (exact) mass is 352 g/mol. The zero-order valence-electron chi connectivity index (χ0n) is 15.9. The van der Waals surface area contributed by atoms with Gasteiger partial charge in [0.25, 0.3) is 0 Å². The molecule has 1 aliphatic heterocycles. The van der Waals surface area contributed by atoms with Gasteiger partial charge >= 0.3 is 0 Å². The van der Waals surface area contributed by atoms with Gasteiger partial charge in [-0.05, 0) is 50.6 Å². The van der Waals surface area contributed by atoms with Gasteiger partial charge in [0, 0.05) is 25.3 Å². The van der Waals surface area contributed by atoms with E-state index in [0.29, 0.717) is 5.95 Å². The molecule has 1 N–H and O–H groups in total. The molecule has 0 fully saturated rings. The number of rotatable bonds is 3. The van der Waals surface area contributed by atoms with Gasteiger partial charge < -0.3 is 10.1 Å². The molecule has 7 heteroatoms. The third-order valence-corrected chi connectivity index (χ3v) is 5.47. The molecule has 1 aromatic carbocycles. The van der Waals surface area contributed by atoms with Crippen LogP contribution in [0.1, 0.15) is 25.0 Å². The molecule has 1 aliphatic rings. The highest BCUT2D eigenvalue weighted by Gasteiger charge is 2.33. The molecule has 0 atom stereocenters. The Bertz CT molecular complexity index is 978. The number of hydrogen-bond acceptors (Lipinski definition) is 6. The average Bonchev–Trinajstić information content (AvgIpc) is 2.99. The van der Waals surface area contributed by atoms with Crippen LogP contribution >= 0.6 is 0 Å². The number of benzene rings is 1. The molecule has 0 spiro atoms. The Kier molecular flexibility index (Phi) is 3.84. The molecule has 0 saturated carbocycles. The van der Waals surface area contributed by atoms with Crippen LogP contribution in [0.5, 0.6) is 5.75 Å². The summed E-state index contributed by atoms with van der Waals surface area (Å²) in [4.78, 5) is 11.4. The lowest BCUT2D eigenvalue weighted by Crippen LogP contribution is -2.44. The molecule has 7 nitrogen and oxygen atoms in total. The van der Waals surface area contributed by atoms with E-state index in [1.165, 1.54) is 11.1 Å². The zero-order chi connectivity index (χ0) is 18.5. The number of hydrogen-bond donors (Lipinski definition) is 1. The van der Waals surface area contributed by atoms with Crippen molar-refractivity contribution in [3.63, 3.8) is 0 Å². The van der Waals surface area contributed by atoms with Crippen molar-refractivity contribution < 1.29 is 4.74 Å². The van der Waals surface area contributed by atoms with Crippen molar-refractivity contribution in [3.8, 4) is 5.75 Å². The summed E-state index contributed by atoms with van der Waals surface area (Å²) < 4.78 is 7.37. The van der Waals surface area contributed by atoms with Crippen LogP contribution in [0.15, 0.2) is 24.5 Å². The van der Waals surface area contributed by atoms with Crippen LogP contribution in [-0.2, 0) is 19.0 Å². The van der Waals surface area contributed by atoms with E-state index in [2.05, 4.69) is 58.3 Å². The van der Waals surface area contributed by atoms with E-state index in [0.717, 1.165) is 35.4 Å². The first-order chi connectivity index (χ1) is 12.4. The minimum Gasteiger partial charge on any atom is -0.495 e. The SMILES string of the molecule is COc1cc2c(cc1Nc1ncc3cnn(C)c3n1)C(C)(C)N(C)CC2. The van der Waals surface area contributed by atoms with Crippen molar-refractivity contribution in [2.45, 2.75) is 25.8 Å². The highest BCUT2D eigenvalue weighted by Crippen LogP contribution is 2.40. The first kappa shape index (κ1) is 16.8. The van der Waals surface area contributed by atoms with Gasteiger partial charge in [-0.15, -0.1) is 0 Å². The van der Waals surface area contributed by atoms with E-state index in [9.17, 15) is 0 Å². The van der Waals surface area contributed by atoms with Crippen LogP contribution in [-0.4, -0.2) is 45.4 Å². The molecule has 0 amide bonds. The van der Waals surface area contributed by atoms with Crippen LogP contribution in [0.25, 0.3) is 11.0 Å². The molecule has 0 bridgehead atoms. The van der Waals surface area contributed by atoms with Crippen molar-refractivity contribution in [1.29, 1.82) is 0 Å². The van der Waals surface area contributed by atoms with Crippen molar-refractivity contribution in [3.05, 3.63) is 35.7 Å². The van der Waals surface area contributed by atoms with E-state index in [-0.39, 0.29) is 5.54 Å². The van der Waals surface area contributed by atoms with Gasteiger partial charge in [-0.2, -0.15) is 10.1 Å². The summed E-state index contributed by atoms with van der Waals surface area (Å²) in [7, 11) is 5.73. The van der Waals surface area contributed by atoms with Gasteiger partial charge in [0.1, 0.15) is 5.75 Å². The predicted molar refractivity (Wildman–Crippen MR) is 102 cm³/mol. The van der Waals surface area contributed by atoms with Gasteiger partial charge in [0.05, 0.1) is 24.4 Å². The van der Waals surface area contributed by atoms with Crippen LogP contribution in [0.3, 0.4) is 0 Å².